The molecule has 2 heterocycles. The highest BCUT2D eigenvalue weighted by Crippen LogP contribution is 2.36. The molecule has 3 rings (SSSR count). The number of alkyl halides is 2. The number of anilines is 2. The number of nitrogens with zero attached hydrogens (tertiary/aromatic N) is 2. The molecular formula is C13H10F2N2OS. The highest BCUT2D eigenvalue weighted by molar-refractivity contribution is 7.13. The largest absolute Gasteiger partial charge is 0.435 e. The molecular weight excluding hydrogens is 270 g/mol. The van der Waals surface area contributed by atoms with Gasteiger partial charge in [0.2, 0.25) is 0 Å². The van der Waals surface area contributed by atoms with Crippen LogP contribution in [-0.2, 0) is 0 Å². The van der Waals surface area contributed by atoms with Crippen molar-refractivity contribution >= 4 is 28.2 Å². The fourth-order valence-corrected chi connectivity index (χ4v) is 2.65. The van der Waals surface area contributed by atoms with Gasteiger partial charge in [-0.2, -0.15) is 8.78 Å². The van der Waals surface area contributed by atoms with Crippen molar-refractivity contribution in [2.75, 3.05) is 11.4 Å². The Labute approximate surface area is 112 Å². The summed E-state index contributed by atoms with van der Waals surface area (Å²) in [5.74, 6) is 0.158. The first kappa shape index (κ1) is 12.1. The van der Waals surface area contributed by atoms with Crippen LogP contribution in [0.25, 0.3) is 6.08 Å². The van der Waals surface area contributed by atoms with Crippen LogP contribution in [0.1, 0.15) is 5.56 Å². The van der Waals surface area contributed by atoms with E-state index in [2.05, 4.69) is 9.72 Å². The monoisotopic (exact) mass is 280 g/mol. The summed E-state index contributed by atoms with van der Waals surface area (Å²) in [5.41, 5.74) is 1.79. The van der Waals surface area contributed by atoms with E-state index in [9.17, 15) is 8.78 Å². The predicted octanol–water partition coefficient (Wildman–Crippen LogP) is 3.91. The quantitative estimate of drug-likeness (QED) is 0.852. The van der Waals surface area contributed by atoms with Crippen molar-refractivity contribution in [3.8, 4) is 5.75 Å². The van der Waals surface area contributed by atoms with Crippen molar-refractivity contribution in [3.63, 3.8) is 0 Å². The number of benzene rings is 1. The minimum Gasteiger partial charge on any atom is -0.435 e. The summed E-state index contributed by atoms with van der Waals surface area (Å²) < 4.78 is 29.0. The zero-order valence-corrected chi connectivity index (χ0v) is 10.6. The summed E-state index contributed by atoms with van der Waals surface area (Å²) in [6.45, 7) is -2.15. The SMILES string of the molecule is FC(F)Oc1ccc2c(c1)N(c1nccs1)CC=C2. The van der Waals surface area contributed by atoms with Gasteiger partial charge >= 0.3 is 6.61 Å². The summed E-state index contributed by atoms with van der Waals surface area (Å²) in [5, 5.41) is 2.71. The molecule has 3 nitrogen and oxygen atoms in total. The number of hydrogen-bond acceptors (Lipinski definition) is 4. The minimum absolute atomic E-state index is 0.158. The highest BCUT2D eigenvalue weighted by atomic mass is 32.1. The maximum absolute atomic E-state index is 12.3. The molecule has 0 bridgehead atoms. The molecule has 0 spiro atoms. The van der Waals surface area contributed by atoms with Crippen LogP contribution in [0.3, 0.4) is 0 Å². The minimum atomic E-state index is -2.81. The average molecular weight is 280 g/mol. The fourth-order valence-electron chi connectivity index (χ4n) is 1.99. The third-order valence-electron chi connectivity index (χ3n) is 2.75. The average Bonchev–Trinajstić information content (AvgIpc) is 2.91. The summed E-state index contributed by atoms with van der Waals surface area (Å²) >= 11 is 1.50. The lowest BCUT2D eigenvalue weighted by atomic mass is 10.1. The van der Waals surface area contributed by atoms with Crippen molar-refractivity contribution in [1.82, 2.24) is 4.98 Å². The molecule has 1 aliphatic heterocycles. The van der Waals surface area contributed by atoms with Crippen molar-refractivity contribution in [2.24, 2.45) is 0 Å². The lowest BCUT2D eigenvalue weighted by molar-refractivity contribution is -0.0498. The first-order valence-corrected chi connectivity index (χ1v) is 6.54. The molecule has 1 aromatic carbocycles. The van der Waals surface area contributed by atoms with E-state index in [4.69, 9.17) is 0 Å². The smallest absolute Gasteiger partial charge is 0.387 e. The van der Waals surface area contributed by atoms with Gasteiger partial charge in [0.15, 0.2) is 5.13 Å². The maximum Gasteiger partial charge on any atom is 0.387 e. The van der Waals surface area contributed by atoms with E-state index < -0.39 is 6.61 Å². The molecule has 0 fully saturated rings. The molecule has 0 amide bonds. The van der Waals surface area contributed by atoms with Crippen molar-refractivity contribution in [2.45, 2.75) is 6.61 Å². The van der Waals surface area contributed by atoms with Gasteiger partial charge in [0.05, 0.1) is 5.69 Å². The Morgan fingerprint density at radius 2 is 2.26 bits per heavy atom. The lowest BCUT2D eigenvalue weighted by Gasteiger charge is -2.26. The first-order valence-electron chi connectivity index (χ1n) is 5.66. The first-order chi connectivity index (χ1) is 9.24. The van der Waals surface area contributed by atoms with Crippen LogP contribution in [0.5, 0.6) is 5.75 Å². The molecule has 0 unspecified atom stereocenters. The van der Waals surface area contributed by atoms with Gasteiger partial charge in [-0.1, -0.05) is 12.2 Å². The molecule has 1 aromatic heterocycles. The van der Waals surface area contributed by atoms with E-state index in [1.807, 2.05) is 22.4 Å². The fraction of sp³-hybridized carbons (Fsp3) is 0.154. The van der Waals surface area contributed by atoms with Gasteiger partial charge < -0.3 is 9.64 Å². The van der Waals surface area contributed by atoms with E-state index in [0.717, 1.165) is 16.4 Å². The summed E-state index contributed by atoms with van der Waals surface area (Å²) in [6.07, 6.45) is 5.69. The van der Waals surface area contributed by atoms with Gasteiger partial charge in [0.1, 0.15) is 5.75 Å². The lowest BCUT2D eigenvalue weighted by Crippen LogP contribution is -2.20. The van der Waals surface area contributed by atoms with Gasteiger partial charge in [-0.3, -0.25) is 0 Å². The number of thiazole rings is 1. The Morgan fingerprint density at radius 3 is 3.00 bits per heavy atom. The molecule has 0 atom stereocenters. The number of aromatic nitrogens is 1. The van der Waals surface area contributed by atoms with Gasteiger partial charge in [-0.05, 0) is 17.7 Å². The molecule has 6 heteroatoms. The normalized spacial score (nSPS) is 13.7. The Bertz CT molecular complexity index is 599. The van der Waals surface area contributed by atoms with E-state index in [0.29, 0.717) is 6.54 Å². The number of rotatable bonds is 3. The van der Waals surface area contributed by atoms with Crippen molar-refractivity contribution in [1.29, 1.82) is 0 Å². The Kier molecular flexibility index (Phi) is 3.16. The van der Waals surface area contributed by atoms with Crippen molar-refractivity contribution < 1.29 is 13.5 Å². The van der Waals surface area contributed by atoms with Gasteiger partial charge in [-0.15, -0.1) is 11.3 Å². The van der Waals surface area contributed by atoms with Crippen LogP contribution in [0.4, 0.5) is 19.6 Å². The molecule has 0 saturated carbocycles. The van der Waals surface area contributed by atoms with Crippen molar-refractivity contribution in [3.05, 3.63) is 41.4 Å². The van der Waals surface area contributed by atoms with Crippen LogP contribution >= 0.6 is 11.3 Å². The molecule has 0 radical (unpaired) electrons. The number of halogens is 2. The number of hydrogen-bond donors (Lipinski definition) is 0. The Hall–Kier alpha value is -1.95. The Balaban J connectivity index is 2.00. The second kappa shape index (κ2) is 4.97. The summed E-state index contributed by atoms with van der Waals surface area (Å²) in [6, 6.07) is 4.93. The van der Waals surface area contributed by atoms with E-state index in [1.54, 1.807) is 24.4 Å². The van der Waals surface area contributed by atoms with Crippen LogP contribution in [0.15, 0.2) is 35.9 Å². The predicted molar refractivity (Wildman–Crippen MR) is 71.2 cm³/mol. The topological polar surface area (TPSA) is 25.4 Å². The van der Waals surface area contributed by atoms with Crippen LogP contribution in [0, 0.1) is 0 Å². The second-order valence-electron chi connectivity index (χ2n) is 3.93. The van der Waals surface area contributed by atoms with E-state index in [-0.39, 0.29) is 5.75 Å². The molecule has 2 aromatic rings. The Morgan fingerprint density at radius 1 is 1.37 bits per heavy atom. The highest BCUT2D eigenvalue weighted by Gasteiger charge is 2.18. The zero-order valence-electron chi connectivity index (χ0n) is 9.79. The third-order valence-corrected chi connectivity index (χ3v) is 3.55. The second-order valence-corrected chi connectivity index (χ2v) is 4.80. The maximum atomic E-state index is 12.3. The van der Waals surface area contributed by atoms with E-state index >= 15 is 0 Å². The molecule has 19 heavy (non-hydrogen) atoms. The van der Waals surface area contributed by atoms with Crippen LogP contribution < -0.4 is 9.64 Å². The van der Waals surface area contributed by atoms with Crippen LogP contribution in [0.2, 0.25) is 0 Å². The molecule has 0 saturated heterocycles. The summed E-state index contributed by atoms with van der Waals surface area (Å²) in [4.78, 5) is 6.22. The standard InChI is InChI=1S/C13H10F2N2OS/c14-12(15)18-10-4-3-9-2-1-6-17(11(9)8-10)13-16-5-7-19-13/h1-5,7-8,12H,6H2. The van der Waals surface area contributed by atoms with E-state index in [1.165, 1.54) is 11.3 Å². The molecule has 0 N–H and O–H groups in total. The number of fused-ring (bicyclic) bond motifs is 1. The van der Waals surface area contributed by atoms with Gasteiger partial charge in [0.25, 0.3) is 0 Å². The van der Waals surface area contributed by atoms with Gasteiger partial charge in [-0.25, -0.2) is 4.98 Å². The zero-order chi connectivity index (χ0) is 13.2. The molecule has 98 valence electrons. The summed E-state index contributed by atoms with van der Waals surface area (Å²) in [7, 11) is 0. The van der Waals surface area contributed by atoms with Gasteiger partial charge in [0, 0.05) is 24.2 Å². The molecule has 1 aliphatic rings. The van der Waals surface area contributed by atoms with Crippen LogP contribution in [-0.4, -0.2) is 18.1 Å². The third kappa shape index (κ3) is 2.44. The number of ether oxygens (including phenoxy) is 1. The molecule has 0 aliphatic carbocycles.